The molecule has 1 aliphatic heterocycles. The molecule has 3 rings (SSSR count). The van der Waals surface area contributed by atoms with Gasteiger partial charge in [-0.3, -0.25) is 14.5 Å². The zero-order valence-electron chi connectivity index (χ0n) is 15.0. The van der Waals surface area contributed by atoms with Crippen LogP contribution in [0.2, 0.25) is 0 Å². The van der Waals surface area contributed by atoms with E-state index in [2.05, 4.69) is 48.7 Å². The molecule has 4 nitrogen and oxygen atoms in total. The van der Waals surface area contributed by atoms with Gasteiger partial charge in [-0.1, -0.05) is 19.1 Å². The summed E-state index contributed by atoms with van der Waals surface area (Å²) in [5.41, 5.74) is 5.54. The van der Waals surface area contributed by atoms with Crippen LogP contribution in [-0.2, 0) is 11.2 Å². The number of benzene rings is 1. The molecule has 2 heterocycles. The minimum absolute atomic E-state index is 0.192. The molecule has 130 valence electrons. The molecule has 2 amide bonds. The smallest absolute Gasteiger partial charge is 0.293 e. The summed E-state index contributed by atoms with van der Waals surface area (Å²) in [6.45, 7) is 8.45. The molecule has 25 heavy (non-hydrogen) atoms. The Morgan fingerprint density at radius 3 is 2.32 bits per heavy atom. The van der Waals surface area contributed by atoms with Gasteiger partial charge in [-0.2, -0.15) is 0 Å². The van der Waals surface area contributed by atoms with Crippen molar-refractivity contribution in [3.05, 3.63) is 57.8 Å². The maximum atomic E-state index is 12.3. The van der Waals surface area contributed by atoms with Gasteiger partial charge in [0.05, 0.1) is 4.91 Å². The van der Waals surface area contributed by atoms with Crippen molar-refractivity contribution in [3.8, 4) is 5.69 Å². The Labute approximate surface area is 152 Å². The number of carbonyl (C=O) groups excluding carboxylic acids is 2. The molecule has 0 radical (unpaired) electrons. The predicted octanol–water partition coefficient (Wildman–Crippen LogP) is 4.71. The van der Waals surface area contributed by atoms with E-state index in [1.165, 1.54) is 10.5 Å². The first kappa shape index (κ1) is 17.5. The van der Waals surface area contributed by atoms with Crippen LogP contribution in [-0.4, -0.2) is 27.2 Å². The van der Waals surface area contributed by atoms with E-state index in [9.17, 15) is 9.59 Å². The van der Waals surface area contributed by atoms with Crippen LogP contribution in [0.1, 0.15) is 36.4 Å². The second kappa shape index (κ2) is 6.92. The van der Waals surface area contributed by atoms with E-state index in [0.717, 1.165) is 40.8 Å². The van der Waals surface area contributed by atoms with E-state index in [0.29, 0.717) is 11.4 Å². The van der Waals surface area contributed by atoms with Crippen molar-refractivity contribution in [2.24, 2.45) is 0 Å². The van der Waals surface area contributed by atoms with Gasteiger partial charge in [-0.15, -0.1) is 0 Å². The average Bonchev–Trinajstić information content (AvgIpc) is 3.03. The Bertz CT molecular complexity index is 863. The first-order valence-electron chi connectivity index (χ1n) is 8.49. The quantitative estimate of drug-likeness (QED) is 0.747. The van der Waals surface area contributed by atoms with E-state index < -0.39 is 0 Å². The van der Waals surface area contributed by atoms with Crippen molar-refractivity contribution in [3.63, 3.8) is 0 Å². The number of carbonyl (C=O) groups is 2. The molecular formula is C20H22N2O2S. The van der Waals surface area contributed by atoms with Gasteiger partial charge < -0.3 is 4.57 Å². The van der Waals surface area contributed by atoms with Crippen LogP contribution in [0.4, 0.5) is 4.79 Å². The van der Waals surface area contributed by atoms with Gasteiger partial charge in [-0.25, -0.2) is 0 Å². The number of aromatic nitrogens is 1. The number of hydrogen-bond acceptors (Lipinski definition) is 3. The van der Waals surface area contributed by atoms with Gasteiger partial charge in [0.2, 0.25) is 0 Å². The maximum Gasteiger partial charge on any atom is 0.293 e. The molecule has 0 aliphatic carbocycles. The van der Waals surface area contributed by atoms with Crippen molar-refractivity contribution < 1.29 is 9.59 Å². The number of nitrogens with zero attached hydrogens (tertiary/aromatic N) is 2. The third-order valence-corrected chi connectivity index (χ3v) is 5.46. The lowest BCUT2D eigenvalue weighted by molar-refractivity contribution is -0.122. The van der Waals surface area contributed by atoms with Gasteiger partial charge >= 0.3 is 0 Å². The zero-order chi connectivity index (χ0) is 18.1. The van der Waals surface area contributed by atoms with Crippen LogP contribution in [0.25, 0.3) is 11.8 Å². The van der Waals surface area contributed by atoms with Crippen LogP contribution >= 0.6 is 11.8 Å². The average molecular weight is 354 g/mol. The molecule has 0 saturated carbocycles. The van der Waals surface area contributed by atoms with Gasteiger partial charge in [-0.05, 0) is 74.4 Å². The topological polar surface area (TPSA) is 42.3 Å². The number of amides is 2. The number of rotatable bonds is 4. The van der Waals surface area contributed by atoms with Crippen molar-refractivity contribution in [2.45, 2.75) is 34.1 Å². The summed E-state index contributed by atoms with van der Waals surface area (Å²) in [4.78, 5) is 26.0. The minimum Gasteiger partial charge on any atom is -0.318 e. The van der Waals surface area contributed by atoms with E-state index in [1.807, 2.05) is 19.9 Å². The van der Waals surface area contributed by atoms with Crippen LogP contribution in [0.15, 0.2) is 35.2 Å². The molecule has 5 heteroatoms. The van der Waals surface area contributed by atoms with Crippen molar-refractivity contribution in [2.75, 3.05) is 6.54 Å². The number of hydrogen-bond donors (Lipinski definition) is 0. The highest BCUT2D eigenvalue weighted by Crippen LogP contribution is 2.33. The predicted molar refractivity (Wildman–Crippen MR) is 103 cm³/mol. The number of imide groups is 1. The third-order valence-electron chi connectivity index (χ3n) is 4.55. The fourth-order valence-corrected chi connectivity index (χ4v) is 4.02. The summed E-state index contributed by atoms with van der Waals surface area (Å²) in [5, 5.41) is -0.192. The Kier molecular flexibility index (Phi) is 4.86. The molecule has 0 spiro atoms. The normalized spacial score (nSPS) is 16.3. The lowest BCUT2D eigenvalue weighted by Crippen LogP contribution is -2.27. The fourth-order valence-electron chi connectivity index (χ4n) is 3.13. The summed E-state index contributed by atoms with van der Waals surface area (Å²) in [7, 11) is 0. The molecule has 1 aromatic carbocycles. The van der Waals surface area contributed by atoms with Crippen molar-refractivity contribution >= 4 is 29.0 Å². The van der Waals surface area contributed by atoms with Gasteiger partial charge in [0.25, 0.3) is 11.1 Å². The highest BCUT2D eigenvalue weighted by atomic mass is 32.2. The summed E-state index contributed by atoms with van der Waals surface area (Å²) >= 11 is 1.02. The van der Waals surface area contributed by atoms with E-state index >= 15 is 0 Å². The van der Waals surface area contributed by atoms with Crippen LogP contribution in [0, 0.1) is 13.8 Å². The fraction of sp³-hybridized carbons (Fsp3) is 0.300. The molecule has 0 N–H and O–H groups in total. The molecule has 1 aliphatic rings. The lowest BCUT2D eigenvalue weighted by Gasteiger charge is -2.10. The molecule has 0 unspecified atom stereocenters. The summed E-state index contributed by atoms with van der Waals surface area (Å²) in [6, 6.07) is 10.6. The Hall–Kier alpha value is -2.27. The molecular weight excluding hydrogens is 332 g/mol. The van der Waals surface area contributed by atoms with E-state index in [4.69, 9.17) is 0 Å². The Morgan fingerprint density at radius 1 is 1.08 bits per heavy atom. The highest BCUT2D eigenvalue weighted by molar-refractivity contribution is 8.18. The molecule has 1 aromatic heterocycles. The summed E-state index contributed by atoms with van der Waals surface area (Å²) in [6.07, 6.45) is 2.85. The SMILES string of the molecule is CCc1ccc(-n2c(C)cc(/C=C3/SC(=O)N(CC)C3=O)c2C)cc1. The van der Waals surface area contributed by atoms with Crippen molar-refractivity contribution in [1.82, 2.24) is 9.47 Å². The second-order valence-corrected chi connectivity index (χ2v) is 7.10. The lowest BCUT2D eigenvalue weighted by atomic mass is 10.1. The van der Waals surface area contributed by atoms with Gasteiger partial charge in [0.1, 0.15) is 0 Å². The first-order valence-corrected chi connectivity index (χ1v) is 9.31. The Morgan fingerprint density at radius 2 is 1.76 bits per heavy atom. The van der Waals surface area contributed by atoms with Crippen molar-refractivity contribution in [1.29, 1.82) is 0 Å². The van der Waals surface area contributed by atoms with E-state index in [-0.39, 0.29) is 11.1 Å². The minimum atomic E-state index is -0.199. The Balaban J connectivity index is 1.99. The molecule has 0 bridgehead atoms. The maximum absolute atomic E-state index is 12.3. The molecule has 2 aromatic rings. The third kappa shape index (κ3) is 3.16. The van der Waals surface area contributed by atoms with Crippen LogP contribution < -0.4 is 0 Å². The monoisotopic (exact) mass is 354 g/mol. The second-order valence-electron chi connectivity index (χ2n) is 6.11. The number of aryl methyl sites for hydroxylation is 2. The standard InChI is InChI=1S/C20H22N2O2S/c1-5-15-7-9-17(10-8-15)22-13(3)11-16(14(22)4)12-18-19(23)21(6-2)20(24)25-18/h7-12H,5-6H2,1-4H3/b18-12+. The summed E-state index contributed by atoms with van der Waals surface area (Å²) < 4.78 is 2.18. The number of likely N-dealkylation sites (N-methyl/N-ethyl adjacent to an activating group) is 1. The number of thioether (sulfide) groups is 1. The molecule has 0 atom stereocenters. The zero-order valence-corrected chi connectivity index (χ0v) is 15.8. The highest BCUT2D eigenvalue weighted by Gasteiger charge is 2.33. The van der Waals surface area contributed by atoms with Gasteiger partial charge in [0.15, 0.2) is 0 Å². The largest absolute Gasteiger partial charge is 0.318 e. The van der Waals surface area contributed by atoms with Crippen LogP contribution in [0.3, 0.4) is 0 Å². The van der Waals surface area contributed by atoms with Gasteiger partial charge in [0, 0.05) is 23.6 Å². The first-order chi connectivity index (χ1) is 12.0. The molecule has 1 saturated heterocycles. The summed E-state index contributed by atoms with van der Waals surface area (Å²) in [5.74, 6) is -0.199. The van der Waals surface area contributed by atoms with E-state index in [1.54, 1.807) is 0 Å². The van der Waals surface area contributed by atoms with Crippen LogP contribution in [0.5, 0.6) is 0 Å². The molecule has 1 fully saturated rings.